The van der Waals surface area contributed by atoms with E-state index in [0.29, 0.717) is 41.0 Å². The third-order valence-corrected chi connectivity index (χ3v) is 9.79. The van der Waals surface area contributed by atoms with E-state index in [1.165, 1.54) is 65.9 Å². The number of hydrogen-bond donors (Lipinski definition) is 5. The fourth-order valence-electron chi connectivity index (χ4n) is 6.73. The van der Waals surface area contributed by atoms with Gasteiger partial charge in [-0.15, -0.1) is 0 Å². The van der Waals surface area contributed by atoms with Gasteiger partial charge in [0.05, 0.1) is 30.7 Å². The molecule has 0 aliphatic carbocycles. The zero-order valence-electron chi connectivity index (χ0n) is 33.2. The van der Waals surface area contributed by atoms with Crippen molar-refractivity contribution in [3.63, 3.8) is 0 Å². The number of aliphatic hydroxyl groups excluding tert-OH is 1. The molecule has 0 spiro atoms. The summed E-state index contributed by atoms with van der Waals surface area (Å²) in [7, 11) is 4.45. The van der Waals surface area contributed by atoms with Crippen molar-refractivity contribution < 1.29 is 43.5 Å². The van der Waals surface area contributed by atoms with Crippen LogP contribution in [-0.2, 0) is 30.2 Å². The number of benzene rings is 1. The van der Waals surface area contributed by atoms with Crippen molar-refractivity contribution in [2.24, 2.45) is 17.6 Å². The van der Waals surface area contributed by atoms with Crippen molar-refractivity contribution in [3.8, 4) is 11.5 Å². The highest BCUT2D eigenvalue weighted by atomic mass is 16.6. The van der Waals surface area contributed by atoms with Crippen LogP contribution in [-0.4, -0.2) is 73.9 Å². The summed E-state index contributed by atoms with van der Waals surface area (Å²) in [6.07, 6.45) is 13.6. The maximum atomic E-state index is 13.4. The Morgan fingerprint density at radius 3 is 2.23 bits per heavy atom. The number of allylic oxidation sites excluding steroid dienone is 2. The predicted molar refractivity (Wildman–Crippen MR) is 209 cm³/mol. The van der Waals surface area contributed by atoms with Crippen molar-refractivity contribution >= 4 is 29.3 Å². The average molecular weight is 744 g/mol. The number of phenols is 1. The van der Waals surface area contributed by atoms with Gasteiger partial charge in [-0.2, -0.15) is 0 Å². The summed E-state index contributed by atoms with van der Waals surface area (Å²) in [5.41, 5.74) is 7.14. The highest BCUT2D eigenvalue weighted by Gasteiger charge is 2.30. The Morgan fingerprint density at radius 2 is 1.64 bits per heavy atom. The molecule has 2 bridgehead atoms. The van der Waals surface area contributed by atoms with Crippen LogP contribution in [0.25, 0.3) is 0 Å². The Balaban J connectivity index is 2.49. The van der Waals surface area contributed by atoms with Gasteiger partial charge in [-0.05, 0) is 50.7 Å². The van der Waals surface area contributed by atoms with Gasteiger partial charge in [-0.1, -0.05) is 96.4 Å². The van der Waals surface area contributed by atoms with Gasteiger partial charge in [-0.25, -0.2) is 4.79 Å². The molecule has 3 amide bonds. The molecular formula is C41H65N3O9. The lowest BCUT2D eigenvalue weighted by Crippen LogP contribution is -2.37. The van der Waals surface area contributed by atoms with Gasteiger partial charge in [0.25, 0.3) is 5.91 Å². The van der Waals surface area contributed by atoms with Crippen molar-refractivity contribution in [3.05, 3.63) is 47.1 Å². The second-order valence-electron chi connectivity index (χ2n) is 14.3. The summed E-state index contributed by atoms with van der Waals surface area (Å²) < 4.78 is 22.6. The van der Waals surface area contributed by atoms with Gasteiger partial charge in [0.15, 0.2) is 6.10 Å². The molecule has 0 fully saturated rings. The summed E-state index contributed by atoms with van der Waals surface area (Å²) in [5, 5.41) is 28.8. The van der Waals surface area contributed by atoms with Crippen LogP contribution in [0.2, 0.25) is 0 Å². The van der Waals surface area contributed by atoms with Crippen molar-refractivity contribution in [1.82, 2.24) is 0 Å². The number of anilines is 2. The third-order valence-electron chi connectivity index (χ3n) is 9.79. The predicted octanol–water partition coefficient (Wildman–Crippen LogP) is 7.72. The summed E-state index contributed by atoms with van der Waals surface area (Å²) in [5.74, 6) is -1.18. The van der Waals surface area contributed by atoms with E-state index in [9.17, 15) is 24.6 Å². The van der Waals surface area contributed by atoms with Gasteiger partial charge in [-0.3, -0.25) is 9.59 Å². The number of carbonyl (C=O) groups excluding carboxylic acids is 3. The SMILES string of the molecule is CCCCCCCCCCCC(=O)Nc1cc2c(O)c(c1OC)C[C@@H](C)C[C@H](OC)[C@H](O)[C@@H](C)/C=C(\C)[C@H](OC(N)=O)[C@@H](OC)/C=C\C=C(/C)C(=O)N2. The number of nitrogens with two attached hydrogens (primary N) is 1. The van der Waals surface area contributed by atoms with Crippen LogP contribution < -0.4 is 21.1 Å². The van der Waals surface area contributed by atoms with Crippen LogP contribution in [0.15, 0.2) is 41.5 Å². The lowest BCUT2D eigenvalue weighted by Gasteiger charge is -2.29. The maximum Gasteiger partial charge on any atom is 0.405 e. The van der Waals surface area contributed by atoms with Gasteiger partial charge in [0, 0.05) is 37.7 Å². The second-order valence-corrected chi connectivity index (χ2v) is 14.3. The maximum absolute atomic E-state index is 13.4. The number of fused-ring (bicyclic) bond motifs is 2. The number of amides is 3. The molecule has 1 aliphatic rings. The summed E-state index contributed by atoms with van der Waals surface area (Å²) >= 11 is 0. The summed E-state index contributed by atoms with van der Waals surface area (Å²) in [4.78, 5) is 38.5. The van der Waals surface area contributed by atoms with Crippen molar-refractivity contribution in [1.29, 1.82) is 0 Å². The molecule has 6 N–H and O–H groups in total. The largest absolute Gasteiger partial charge is 0.505 e. The first-order valence-corrected chi connectivity index (χ1v) is 19.0. The first-order chi connectivity index (χ1) is 25.3. The number of unbranched alkanes of at least 4 members (excludes halogenated alkanes) is 8. The van der Waals surface area contributed by atoms with Crippen molar-refractivity contribution in [2.45, 2.75) is 136 Å². The van der Waals surface area contributed by atoms with E-state index < -0.39 is 42.3 Å². The van der Waals surface area contributed by atoms with Crippen LogP contribution in [0.3, 0.4) is 0 Å². The van der Waals surface area contributed by atoms with E-state index in [-0.39, 0.29) is 29.7 Å². The zero-order chi connectivity index (χ0) is 39.5. The Labute approximate surface area is 316 Å². The fourth-order valence-corrected chi connectivity index (χ4v) is 6.73. The third kappa shape index (κ3) is 14.8. The van der Waals surface area contributed by atoms with Gasteiger partial charge < -0.3 is 45.5 Å². The minimum absolute atomic E-state index is 0.104. The molecule has 0 saturated carbocycles. The zero-order valence-corrected chi connectivity index (χ0v) is 33.2. The Bertz CT molecular complexity index is 1420. The first kappa shape index (κ1) is 45.3. The quantitative estimate of drug-likeness (QED) is 0.0521. The van der Waals surface area contributed by atoms with E-state index in [1.807, 2.05) is 13.8 Å². The van der Waals surface area contributed by atoms with E-state index in [1.54, 1.807) is 38.2 Å². The van der Waals surface area contributed by atoms with Crippen LogP contribution in [0.1, 0.15) is 111 Å². The number of carbonyl (C=O) groups is 3. The Morgan fingerprint density at radius 1 is 1.00 bits per heavy atom. The molecule has 0 radical (unpaired) electrons. The Hall–Kier alpha value is -3.87. The standard InChI is InChI=1S/C41H65N3O9/c1-9-10-11-12-13-14-15-16-17-21-35(45)43-32-25-31-37(47)30(39(32)52-8)22-26(2)23-34(51-7)36(46)28(4)24-29(5)38(53-41(42)49)33(50-6)20-18-19-27(3)40(48)44-31/h18-20,24-26,28,33-34,36,38,46-47H,9-17,21-23H2,1-8H3,(H2,42,49)(H,43,45)(H,44,48)/b20-18-,27-19+,29-24+/t26-,28+,33+,34+,36-,38+/m1/s1. The van der Waals surface area contributed by atoms with Crippen LogP contribution in [0.4, 0.5) is 16.2 Å². The minimum Gasteiger partial charge on any atom is -0.505 e. The number of ether oxygens (including phenoxy) is 4. The highest BCUT2D eigenvalue weighted by molar-refractivity contribution is 6.05. The number of phenolic OH excluding ortho intramolecular Hbond substituents is 1. The van der Waals surface area contributed by atoms with Crippen LogP contribution in [0, 0.1) is 11.8 Å². The molecule has 1 aromatic rings. The smallest absolute Gasteiger partial charge is 0.405 e. The molecular weight excluding hydrogens is 678 g/mol. The van der Waals surface area contributed by atoms with Crippen molar-refractivity contribution in [2.75, 3.05) is 32.0 Å². The van der Waals surface area contributed by atoms with Gasteiger partial charge >= 0.3 is 6.09 Å². The molecule has 1 heterocycles. The molecule has 1 aromatic carbocycles. The molecule has 0 unspecified atom stereocenters. The summed E-state index contributed by atoms with van der Waals surface area (Å²) in [6.45, 7) is 9.36. The van der Waals surface area contributed by atoms with E-state index >= 15 is 0 Å². The number of rotatable bonds is 15. The minimum atomic E-state index is -0.990. The normalized spacial score (nSPS) is 25.6. The van der Waals surface area contributed by atoms with E-state index in [0.717, 1.165) is 19.3 Å². The first-order valence-electron chi connectivity index (χ1n) is 19.0. The van der Waals surface area contributed by atoms with Crippen LogP contribution in [0.5, 0.6) is 11.5 Å². The monoisotopic (exact) mass is 743 g/mol. The molecule has 1 aliphatic heterocycles. The number of methoxy groups -OCH3 is 3. The molecule has 53 heavy (non-hydrogen) atoms. The van der Waals surface area contributed by atoms with Crippen LogP contribution >= 0.6 is 0 Å². The van der Waals surface area contributed by atoms with Gasteiger partial charge in [0.2, 0.25) is 5.91 Å². The van der Waals surface area contributed by atoms with E-state index in [2.05, 4.69) is 17.6 Å². The molecule has 0 saturated heterocycles. The lowest BCUT2D eigenvalue weighted by molar-refractivity contribution is -0.116. The molecule has 12 nitrogen and oxygen atoms in total. The number of nitrogens with one attached hydrogen (secondary N) is 2. The Kier molecular flexibility index (Phi) is 20.3. The fraction of sp³-hybridized carbons (Fsp3) is 0.634. The summed E-state index contributed by atoms with van der Waals surface area (Å²) in [6, 6.07) is 1.50. The molecule has 0 aromatic heterocycles. The average Bonchev–Trinajstić information content (AvgIpc) is 3.11. The lowest BCUT2D eigenvalue weighted by atomic mass is 9.87. The van der Waals surface area contributed by atoms with E-state index in [4.69, 9.17) is 24.7 Å². The number of hydrogen-bond acceptors (Lipinski definition) is 9. The number of aromatic hydroxyl groups is 1. The van der Waals surface area contributed by atoms with Gasteiger partial charge in [0.1, 0.15) is 17.6 Å². The molecule has 298 valence electrons. The molecule has 12 heteroatoms. The topological polar surface area (TPSA) is 179 Å². The highest BCUT2D eigenvalue weighted by Crippen LogP contribution is 2.43. The molecule has 2 rings (SSSR count). The number of primary amides is 1. The number of aliphatic hydroxyl groups is 1. The second kappa shape index (κ2) is 23.7. The molecule has 6 atom stereocenters.